The highest BCUT2D eigenvalue weighted by molar-refractivity contribution is 7.90. The number of rotatable bonds is 7. The van der Waals surface area contributed by atoms with Crippen LogP contribution >= 0.6 is 12.6 Å². The molecule has 0 bridgehead atoms. The molecule has 5 N–H and O–H groups in total. The van der Waals surface area contributed by atoms with Gasteiger partial charge in [0.25, 0.3) is 0 Å². The summed E-state index contributed by atoms with van der Waals surface area (Å²) in [6.45, 7) is 8.15. The number of aliphatic hydroxyl groups excluding tert-OH is 1. The molecule has 0 aliphatic carbocycles. The molecule has 1 aromatic carbocycles. The molecule has 1 saturated heterocycles. The van der Waals surface area contributed by atoms with Gasteiger partial charge in [0.05, 0.1) is 5.69 Å². The van der Waals surface area contributed by atoms with Gasteiger partial charge in [0, 0.05) is 43.0 Å². The van der Waals surface area contributed by atoms with Gasteiger partial charge in [-0.15, -0.1) is 12.6 Å². The van der Waals surface area contributed by atoms with Gasteiger partial charge in [-0.2, -0.15) is 0 Å². The Kier molecular flexibility index (Phi) is 13.9. The number of hydrogen-bond acceptors (Lipinski definition) is 8. The number of aliphatic hydroxyl groups is 1. The molecular formula is C29H40N6O2S. The van der Waals surface area contributed by atoms with Crippen LogP contribution in [0.5, 0.6) is 0 Å². The quantitative estimate of drug-likeness (QED) is 0.282. The number of aryl methyl sites for hydroxylation is 1. The Balaban J connectivity index is 0.000000242. The SMILES string of the molecule is CCC.Cc1ccnc(Nc2cccc(/C(S)=C/N)n2)c1.O=C(CO)N1CCC(NCc2ccccc2)C1. The van der Waals surface area contributed by atoms with E-state index in [1.165, 1.54) is 18.2 Å². The summed E-state index contributed by atoms with van der Waals surface area (Å²) in [5, 5.41) is 15.3. The van der Waals surface area contributed by atoms with Gasteiger partial charge in [-0.05, 0) is 48.7 Å². The molecule has 1 aliphatic rings. The fraction of sp³-hybridized carbons (Fsp3) is 0.345. The third-order valence-corrected chi connectivity index (χ3v) is 5.83. The maximum atomic E-state index is 11.3. The zero-order valence-electron chi connectivity index (χ0n) is 22.5. The van der Waals surface area contributed by atoms with Crippen molar-refractivity contribution in [1.82, 2.24) is 20.2 Å². The number of likely N-dealkylation sites (tertiary alicyclic amines) is 1. The average molecular weight is 537 g/mol. The van der Waals surface area contributed by atoms with Gasteiger partial charge in [-0.25, -0.2) is 9.97 Å². The minimum atomic E-state index is -0.384. The summed E-state index contributed by atoms with van der Waals surface area (Å²) in [6.07, 6.45) is 5.38. The molecule has 0 spiro atoms. The molecule has 3 heterocycles. The largest absolute Gasteiger partial charge is 0.404 e. The van der Waals surface area contributed by atoms with E-state index in [4.69, 9.17) is 10.8 Å². The lowest BCUT2D eigenvalue weighted by Gasteiger charge is -2.15. The summed E-state index contributed by atoms with van der Waals surface area (Å²) in [5.74, 6) is 1.30. The predicted octanol–water partition coefficient (Wildman–Crippen LogP) is 4.50. The van der Waals surface area contributed by atoms with E-state index in [0.717, 1.165) is 36.6 Å². The fourth-order valence-electron chi connectivity index (χ4n) is 3.58. The summed E-state index contributed by atoms with van der Waals surface area (Å²) < 4.78 is 0. The Morgan fingerprint density at radius 2 is 1.89 bits per heavy atom. The zero-order chi connectivity index (χ0) is 27.8. The molecule has 1 atom stereocenters. The van der Waals surface area contributed by atoms with E-state index in [-0.39, 0.29) is 12.5 Å². The molecule has 4 rings (SSSR count). The number of benzene rings is 1. The van der Waals surface area contributed by atoms with Gasteiger partial charge in [0.2, 0.25) is 5.91 Å². The van der Waals surface area contributed by atoms with Gasteiger partial charge in [0.15, 0.2) is 0 Å². The van der Waals surface area contributed by atoms with E-state index in [0.29, 0.717) is 23.3 Å². The highest BCUT2D eigenvalue weighted by atomic mass is 32.1. The van der Waals surface area contributed by atoms with Crippen LogP contribution in [-0.2, 0) is 11.3 Å². The second-order valence-electron chi connectivity index (χ2n) is 8.86. The second kappa shape index (κ2) is 17.2. The smallest absolute Gasteiger partial charge is 0.248 e. The summed E-state index contributed by atoms with van der Waals surface area (Å²) >= 11 is 4.24. The lowest BCUT2D eigenvalue weighted by atomic mass is 10.2. The molecule has 3 aromatic rings. The Bertz CT molecular complexity index is 1140. The Hall–Kier alpha value is -3.40. The van der Waals surface area contributed by atoms with Crippen LogP contribution in [0.15, 0.2) is 73.1 Å². The van der Waals surface area contributed by atoms with Gasteiger partial charge < -0.3 is 26.4 Å². The number of aromatic nitrogens is 2. The van der Waals surface area contributed by atoms with Crippen LogP contribution in [0.25, 0.3) is 4.91 Å². The molecule has 38 heavy (non-hydrogen) atoms. The Morgan fingerprint density at radius 3 is 2.55 bits per heavy atom. The first-order chi connectivity index (χ1) is 18.4. The van der Waals surface area contributed by atoms with Crippen LogP contribution in [0, 0.1) is 6.92 Å². The fourth-order valence-corrected chi connectivity index (χ4v) is 3.70. The molecule has 9 heteroatoms. The van der Waals surface area contributed by atoms with E-state index in [1.807, 2.05) is 55.5 Å². The first-order valence-electron chi connectivity index (χ1n) is 12.8. The van der Waals surface area contributed by atoms with Crippen LogP contribution in [0.1, 0.15) is 43.5 Å². The van der Waals surface area contributed by atoms with Crippen molar-refractivity contribution >= 4 is 35.1 Å². The Morgan fingerprint density at radius 1 is 1.16 bits per heavy atom. The summed E-state index contributed by atoms with van der Waals surface area (Å²) in [7, 11) is 0. The summed E-state index contributed by atoms with van der Waals surface area (Å²) in [4.78, 5) is 22.2. The number of hydrogen-bond donors (Lipinski definition) is 5. The van der Waals surface area contributed by atoms with Crippen LogP contribution in [-0.4, -0.2) is 51.6 Å². The van der Waals surface area contributed by atoms with Crippen molar-refractivity contribution in [2.45, 2.75) is 46.2 Å². The predicted molar refractivity (Wildman–Crippen MR) is 159 cm³/mol. The third-order valence-electron chi connectivity index (χ3n) is 5.45. The summed E-state index contributed by atoms with van der Waals surface area (Å²) in [5.41, 5.74) is 8.52. The molecule has 204 valence electrons. The summed E-state index contributed by atoms with van der Waals surface area (Å²) in [6, 6.07) is 20.0. The van der Waals surface area contributed by atoms with Crippen molar-refractivity contribution < 1.29 is 9.90 Å². The van der Waals surface area contributed by atoms with E-state index in [1.54, 1.807) is 11.1 Å². The Labute approximate surface area is 231 Å². The number of carbonyl (C=O) groups is 1. The number of pyridine rings is 2. The van der Waals surface area contributed by atoms with Crippen LogP contribution in [0.2, 0.25) is 0 Å². The van der Waals surface area contributed by atoms with Gasteiger partial charge in [-0.3, -0.25) is 4.79 Å². The van der Waals surface area contributed by atoms with Crippen LogP contribution < -0.4 is 16.4 Å². The first kappa shape index (κ1) is 30.8. The first-order valence-corrected chi connectivity index (χ1v) is 13.3. The van der Waals surface area contributed by atoms with Gasteiger partial charge in [-0.1, -0.05) is 56.7 Å². The van der Waals surface area contributed by atoms with E-state index in [9.17, 15) is 4.79 Å². The number of carbonyl (C=O) groups excluding carboxylic acids is 1. The minimum absolute atomic E-state index is 0.172. The molecule has 1 amide bonds. The van der Waals surface area contributed by atoms with E-state index in [2.05, 4.69) is 59.2 Å². The third kappa shape index (κ3) is 10.9. The van der Waals surface area contributed by atoms with Crippen molar-refractivity contribution in [3.05, 3.63) is 89.9 Å². The zero-order valence-corrected chi connectivity index (χ0v) is 23.4. The maximum absolute atomic E-state index is 11.3. The van der Waals surface area contributed by atoms with E-state index < -0.39 is 0 Å². The molecule has 0 radical (unpaired) electrons. The van der Waals surface area contributed by atoms with Gasteiger partial charge in [0.1, 0.15) is 18.2 Å². The van der Waals surface area contributed by atoms with Crippen molar-refractivity contribution in [3.63, 3.8) is 0 Å². The minimum Gasteiger partial charge on any atom is -0.404 e. The highest BCUT2D eigenvalue weighted by Gasteiger charge is 2.24. The maximum Gasteiger partial charge on any atom is 0.248 e. The molecule has 0 saturated carbocycles. The highest BCUT2D eigenvalue weighted by Crippen LogP contribution is 2.19. The van der Waals surface area contributed by atoms with Crippen molar-refractivity contribution in [3.8, 4) is 0 Å². The standard InChI is InChI=1S/C13H14N4S.C13H18N2O2.C3H8/c1-9-5-6-15-13(7-9)17-12-4-2-3-10(16-12)11(18)8-14;16-10-13(17)15-7-6-12(9-15)14-8-11-4-2-1-3-5-11;1-3-2/h2-8,18H,14H2,1H3,(H,15,16,17);1-5,12,14,16H,6-10H2;3H2,1-2H3/b11-8-;;. The molecule has 1 fully saturated rings. The van der Waals surface area contributed by atoms with E-state index >= 15 is 0 Å². The number of amides is 1. The molecule has 1 unspecified atom stereocenters. The van der Waals surface area contributed by atoms with Crippen molar-refractivity contribution in [2.24, 2.45) is 5.73 Å². The lowest BCUT2D eigenvalue weighted by molar-refractivity contribution is -0.133. The van der Waals surface area contributed by atoms with Crippen molar-refractivity contribution in [2.75, 3.05) is 25.0 Å². The molecule has 2 aromatic heterocycles. The average Bonchev–Trinajstić information content (AvgIpc) is 3.42. The van der Waals surface area contributed by atoms with Gasteiger partial charge >= 0.3 is 0 Å². The molecule has 8 nitrogen and oxygen atoms in total. The number of anilines is 2. The molecule has 1 aliphatic heterocycles. The van der Waals surface area contributed by atoms with Crippen LogP contribution in [0.3, 0.4) is 0 Å². The van der Waals surface area contributed by atoms with Crippen LogP contribution in [0.4, 0.5) is 11.6 Å². The monoisotopic (exact) mass is 536 g/mol. The number of thiol groups is 1. The topological polar surface area (TPSA) is 116 Å². The lowest BCUT2D eigenvalue weighted by Crippen LogP contribution is -2.36. The number of nitrogens with one attached hydrogen (secondary N) is 2. The number of nitrogens with zero attached hydrogens (tertiary/aromatic N) is 3. The van der Waals surface area contributed by atoms with Crippen molar-refractivity contribution in [1.29, 1.82) is 0 Å². The normalized spacial score (nSPS) is 14.6. The second-order valence-corrected chi connectivity index (χ2v) is 9.34. The molecular weight excluding hydrogens is 496 g/mol. The number of nitrogens with two attached hydrogens (primary N) is 1.